The van der Waals surface area contributed by atoms with E-state index in [9.17, 15) is 4.79 Å². The molecule has 3 rings (SSSR count). The maximum Gasteiger partial charge on any atom is 0.241 e. The van der Waals surface area contributed by atoms with Crippen molar-refractivity contribution in [1.82, 2.24) is 19.9 Å². The lowest BCUT2D eigenvalue weighted by molar-refractivity contribution is -0.114. The normalized spacial score (nSPS) is 10.5. The number of fused-ring (bicyclic) bond motifs is 1. The number of amides is 1. The van der Waals surface area contributed by atoms with E-state index in [2.05, 4.69) is 25.3 Å². The highest BCUT2D eigenvalue weighted by atomic mass is 35.5. The van der Waals surface area contributed by atoms with E-state index in [-0.39, 0.29) is 17.7 Å². The van der Waals surface area contributed by atoms with Crippen LogP contribution in [-0.4, -0.2) is 31.7 Å². The first kappa shape index (κ1) is 15.1. The van der Waals surface area contributed by atoms with Crippen LogP contribution in [0.15, 0.2) is 36.7 Å². The molecule has 0 saturated carbocycles. The third kappa shape index (κ3) is 3.70. The van der Waals surface area contributed by atoms with Crippen LogP contribution >= 0.6 is 11.6 Å². The number of ether oxygens (including phenoxy) is 1. The van der Waals surface area contributed by atoms with Crippen molar-refractivity contribution in [2.24, 2.45) is 0 Å². The molecule has 23 heavy (non-hydrogen) atoms. The number of rotatable bonds is 4. The van der Waals surface area contributed by atoms with Gasteiger partial charge in [0.2, 0.25) is 17.7 Å². The number of aryl methyl sites for hydroxylation is 1. The van der Waals surface area contributed by atoms with E-state index in [1.54, 1.807) is 43.6 Å². The van der Waals surface area contributed by atoms with Gasteiger partial charge >= 0.3 is 0 Å². The maximum absolute atomic E-state index is 11.2. The summed E-state index contributed by atoms with van der Waals surface area (Å²) in [5, 5.41) is 3.28. The predicted molar refractivity (Wildman–Crippen MR) is 85.7 cm³/mol. The highest BCUT2D eigenvalue weighted by molar-refractivity contribution is 6.28. The number of hydrogen-bond donors (Lipinski definition) is 1. The summed E-state index contributed by atoms with van der Waals surface area (Å²) in [5.41, 5.74) is 0.677. The van der Waals surface area contributed by atoms with Crippen LogP contribution in [0.1, 0.15) is 5.82 Å². The Kier molecular flexibility index (Phi) is 4.29. The molecule has 2 heterocycles. The summed E-state index contributed by atoms with van der Waals surface area (Å²) < 4.78 is 5.69. The van der Waals surface area contributed by atoms with Gasteiger partial charge in [-0.1, -0.05) is 0 Å². The lowest BCUT2D eigenvalue weighted by Gasteiger charge is -2.07. The SMILES string of the molecule is Cc1nccc(Oc2ccc3nc(NC(=O)CCl)ncc3c2)n1. The highest BCUT2D eigenvalue weighted by Crippen LogP contribution is 2.23. The molecule has 0 saturated heterocycles. The van der Waals surface area contributed by atoms with Gasteiger partial charge in [-0.15, -0.1) is 11.6 Å². The molecule has 1 amide bonds. The van der Waals surface area contributed by atoms with E-state index < -0.39 is 0 Å². The lowest BCUT2D eigenvalue weighted by Crippen LogP contribution is -2.14. The molecular formula is C15H12ClN5O2. The van der Waals surface area contributed by atoms with Crippen LogP contribution in [-0.2, 0) is 4.79 Å². The summed E-state index contributed by atoms with van der Waals surface area (Å²) in [7, 11) is 0. The van der Waals surface area contributed by atoms with Crippen LogP contribution in [0.4, 0.5) is 5.95 Å². The Bertz CT molecular complexity index is 871. The molecule has 0 radical (unpaired) electrons. The minimum Gasteiger partial charge on any atom is -0.439 e. The van der Waals surface area contributed by atoms with Gasteiger partial charge < -0.3 is 4.74 Å². The molecule has 0 unspecified atom stereocenters. The molecule has 8 heteroatoms. The molecule has 2 aromatic heterocycles. The van der Waals surface area contributed by atoms with Crippen molar-refractivity contribution in [3.8, 4) is 11.6 Å². The molecule has 0 bridgehead atoms. The number of aromatic nitrogens is 4. The second kappa shape index (κ2) is 6.53. The number of nitrogens with zero attached hydrogens (tertiary/aromatic N) is 4. The van der Waals surface area contributed by atoms with Crippen molar-refractivity contribution in [2.45, 2.75) is 6.92 Å². The molecule has 0 atom stereocenters. The second-order valence-electron chi connectivity index (χ2n) is 4.64. The quantitative estimate of drug-likeness (QED) is 0.740. The number of halogens is 1. The molecule has 0 fully saturated rings. The number of alkyl halides is 1. The average Bonchev–Trinajstić information content (AvgIpc) is 2.55. The molecule has 7 nitrogen and oxygen atoms in total. The van der Waals surface area contributed by atoms with Crippen molar-refractivity contribution in [1.29, 1.82) is 0 Å². The van der Waals surface area contributed by atoms with E-state index in [0.717, 1.165) is 5.39 Å². The molecule has 1 aromatic carbocycles. The average molecular weight is 330 g/mol. The van der Waals surface area contributed by atoms with Crippen LogP contribution in [0, 0.1) is 6.92 Å². The topological polar surface area (TPSA) is 89.9 Å². The monoisotopic (exact) mass is 329 g/mol. The molecule has 3 aromatic rings. The van der Waals surface area contributed by atoms with Crippen molar-refractivity contribution in [3.05, 3.63) is 42.5 Å². The minimum absolute atomic E-state index is 0.146. The zero-order chi connectivity index (χ0) is 16.2. The minimum atomic E-state index is -0.356. The van der Waals surface area contributed by atoms with Crippen molar-refractivity contribution in [2.75, 3.05) is 11.2 Å². The number of carbonyl (C=O) groups is 1. The zero-order valence-corrected chi connectivity index (χ0v) is 12.9. The van der Waals surface area contributed by atoms with E-state index in [0.29, 0.717) is 23.0 Å². The first-order valence-corrected chi connectivity index (χ1v) is 7.27. The molecule has 0 aliphatic heterocycles. The van der Waals surface area contributed by atoms with E-state index in [4.69, 9.17) is 16.3 Å². The van der Waals surface area contributed by atoms with Gasteiger partial charge in [0.25, 0.3) is 0 Å². The Balaban J connectivity index is 1.84. The highest BCUT2D eigenvalue weighted by Gasteiger charge is 2.06. The molecule has 0 spiro atoms. The fourth-order valence-corrected chi connectivity index (χ4v) is 1.97. The van der Waals surface area contributed by atoms with Gasteiger partial charge in [-0.05, 0) is 25.1 Å². The molecule has 116 valence electrons. The van der Waals surface area contributed by atoms with Crippen LogP contribution < -0.4 is 10.1 Å². The summed E-state index contributed by atoms with van der Waals surface area (Å²) in [6, 6.07) is 7.01. The first-order chi connectivity index (χ1) is 11.1. The van der Waals surface area contributed by atoms with Gasteiger partial charge in [0.1, 0.15) is 17.5 Å². The Labute approximate surface area is 136 Å². The smallest absolute Gasteiger partial charge is 0.241 e. The summed E-state index contributed by atoms with van der Waals surface area (Å²) in [5.74, 6) is 1.41. The summed E-state index contributed by atoms with van der Waals surface area (Å²) >= 11 is 5.43. The Morgan fingerprint density at radius 1 is 1.26 bits per heavy atom. The molecule has 0 aliphatic rings. The van der Waals surface area contributed by atoms with E-state index in [1.165, 1.54) is 0 Å². The third-order valence-electron chi connectivity index (χ3n) is 2.90. The first-order valence-electron chi connectivity index (χ1n) is 6.74. The van der Waals surface area contributed by atoms with E-state index >= 15 is 0 Å². The summed E-state index contributed by atoms with van der Waals surface area (Å²) in [6.07, 6.45) is 3.23. The van der Waals surface area contributed by atoms with Gasteiger partial charge in [-0.3, -0.25) is 10.1 Å². The molecule has 1 N–H and O–H groups in total. The van der Waals surface area contributed by atoms with Gasteiger partial charge in [0.15, 0.2) is 0 Å². The molecule has 0 aliphatic carbocycles. The third-order valence-corrected chi connectivity index (χ3v) is 3.14. The van der Waals surface area contributed by atoms with E-state index in [1.807, 2.05) is 0 Å². The van der Waals surface area contributed by atoms with Gasteiger partial charge in [-0.2, -0.15) is 4.98 Å². The van der Waals surface area contributed by atoms with Crippen LogP contribution in [0.2, 0.25) is 0 Å². The largest absolute Gasteiger partial charge is 0.439 e. The standard InChI is InChI=1S/C15H12ClN5O2/c1-9-17-5-4-14(19-9)23-11-2-3-12-10(6-11)8-18-15(20-12)21-13(22)7-16/h2-6,8H,7H2,1H3,(H,18,20,21,22). The van der Waals surface area contributed by atoms with Gasteiger partial charge in [0.05, 0.1) is 5.52 Å². The Morgan fingerprint density at radius 2 is 2.13 bits per heavy atom. The lowest BCUT2D eigenvalue weighted by atomic mass is 10.2. The van der Waals surface area contributed by atoms with Crippen LogP contribution in [0.3, 0.4) is 0 Å². The summed E-state index contributed by atoms with van der Waals surface area (Å²) in [6.45, 7) is 1.79. The Hall–Kier alpha value is -2.80. The fourth-order valence-electron chi connectivity index (χ4n) is 1.91. The number of benzene rings is 1. The maximum atomic E-state index is 11.2. The number of anilines is 1. The number of carbonyl (C=O) groups excluding carboxylic acids is 1. The molecular weight excluding hydrogens is 318 g/mol. The van der Waals surface area contributed by atoms with Crippen molar-refractivity contribution in [3.63, 3.8) is 0 Å². The van der Waals surface area contributed by atoms with Crippen molar-refractivity contribution < 1.29 is 9.53 Å². The van der Waals surface area contributed by atoms with Gasteiger partial charge in [0, 0.05) is 23.8 Å². The predicted octanol–water partition coefficient (Wildman–Crippen LogP) is 2.70. The number of nitrogens with one attached hydrogen (secondary N) is 1. The fraction of sp³-hybridized carbons (Fsp3) is 0.133. The van der Waals surface area contributed by atoms with Gasteiger partial charge in [-0.25, -0.2) is 15.0 Å². The summed E-state index contributed by atoms with van der Waals surface area (Å²) in [4.78, 5) is 27.8. The van der Waals surface area contributed by atoms with Crippen molar-refractivity contribution >= 4 is 34.4 Å². The second-order valence-corrected chi connectivity index (χ2v) is 4.91. The number of hydrogen-bond acceptors (Lipinski definition) is 6. The zero-order valence-electron chi connectivity index (χ0n) is 12.2. The van der Waals surface area contributed by atoms with Crippen LogP contribution in [0.5, 0.6) is 11.6 Å². The van der Waals surface area contributed by atoms with Crippen LogP contribution in [0.25, 0.3) is 10.9 Å². The Morgan fingerprint density at radius 3 is 2.91 bits per heavy atom.